The molecule has 1 aromatic carbocycles. The Labute approximate surface area is 146 Å². The number of benzene rings is 1. The highest BCUT2D eigenvalue weighted by molar-refractivity contribution is 5.76. The number of nitrogens with zero attached hydrogens (tertiary/aromatic N) is 4. The van der Waals surface area contributed by atoms with Crippen LogP contribution in [-0.4, -0.2) is 45.3 Å². The number of piperidine rings is 1. The first-order chi connectivity index (χ1) is 12.1. The Hall–Kier alpha value is -2.44. The largest absolute Gasteiger partial charge is 0.493 e. The van der Waals surface area contributed by atoms with Crippen molar-refractivity contribution in [1.29, 1.82) is 0 Å². The first-order valence-electron chi connectivity index (χ1n) is 8.63. The van der Waals surface area contributed by atoms with Gasteiger partial charge >= 0.3 is 0 Å². The highest BCUT2D eigenvalue weighted by Gasteiger charge is 2.26. The van der Waals surface area contributed by atoms with Gasteiger partial charge in [-0.2, -0.15) is 0 Å². The van der Waals surface area contributed by atoms with Crippen molar-refractivity contribution in [3.05, 3.63) is 42.2 Å². The first-order valence-corrected chi connectivity index (χ1v) is 8.63. The van der Waals surface area contributed by atoms with Crippen LogP contribution in [0.4, 0.5) is 4.39 Å². The molecule has 1 aliphatic heterocycles. The summed E-state index contributed by atoms with van der Waals surface area (Å²) in [4.78, 5) is 14.2. The smallest absolute Gasteiger partial charge is 0.222 e. The summed E-state index contributed by atoms with van der Waals surface area (Å²) in [6, 6.07) is 6.04. The lowest BCUT2D eigenvalue weighted by Crippen LogP contribution is -2.38. The first kappa shape index (κ1) is 17.4. The maximum absolute atomic E-state index is 13.1. The van der Waals surface area contributed by atoms with Gasteiger partial charge in [-0.15, -0.1) is 10.2 Å². The number of hydrogen-bond acceptors (Lipinski definition) is 4. The molecule has 2 aromatic rings. The van der Waals surface area contributed by atoms with Crippen LogP contribution in [0.3, 0.4) is 0 Å². The van der Waals surface area contributed by atoms with Gasteiger partial charge < -0.3 is 14.2 Å². The Balaban J connectivity index is 1.37. The fraction of sp³-hybridized carbons (Fsp3) is 0.500. The normalized spacial score (nSPS) is 15.4. The minimum Gasteiger partial charge on any atom is -0.493 e. The quantitative estimate of drug-likeness (QED) is 0.754. The van der Waals surface area contributed by atoms with Crippen LogP contribution >= 0.6 is 0 Å². The third-order valence-corrected chi connectivity index (χ3v) is 4.56. The van der Waals surface area contributed by atoms with Crippen LogP contribution in [0.2, 0.25) is 0 Å². The highest BCUT2D eigenvalue weighted by Crippen LogP contribution is 2.26. The summed E-state index contributed by atoms with van der Waals surface area (Å²) < 4.78 is 20.5. The van der Waals surface area contributed by atoms with E-state index in [4.69, 9.17) is 4.74 Å². The predicted molar refractivity (Wildman–Crippen MR) is 90.7 cm³/mol. The van der Waals surface area contributed by atoms with Crippen molar-refractivity contribution in [3.63, 3.8) is 0 Å². The number of carbonyl (C=O) groups is 1. The summed E-state index contributed by atoms with van der Waals surface area (Å²) in [5.74, 6) is 1.69. The van der Waals surface area contributed by atoms with Crippen molar-refractivity contribution < 1.29 is 13.9 Å². The van der Waals surface area contributed by atoms with Gasteiger partial charge in [0.1, 0.15) is 23.7 Å². The van der Waals surface area contributed by atoms with Crippen LogP contribution in [0.5, 0.6) is 5.75 Å². The Bertz CT molecular complexity index is 711. The molecule has 0 bridgehead atoms. The van der Waals surface area contributed by atoms with E-state index in [0.717, 1.165) is 31.8 Å². The van der Waals surface area contributed by atoms with E-state index in [1.54, 1.807) is 18.5 Å². The van der Waals surface area contributed by atoms with Gasteiger partial charge in [-0.1, -0.05) is 6.07 Å². The molecular weight excluding hydrogens is 323 g/mol. The molecule has 0 radical (unpaired) electrons. The number of halogens is 1. The third-order valence-electron chi connectivity index (χ3n) is 4.56. The zero-order chi connectivity index (χ0) is 17.6. The van der Waals surface area contributed by atoms with Gasteiger partial charge in [0.05, 0.1) is 6.61 Å². The summed E-state index contributed by atoms with van der Waals surface area (Å²) >= 11 is 0. The van der Waals surface area contributed by atoms with Crippen LogP contribution in [0.1, 0.15) is 37.4 Å². The Morgan fingerprint density at radius 3 is 2.84 bits per heavy atom. The molecule has 0 N–H and O–H groups in total. The second kappa shape index (κ2) is 8.09. The Morgan fingerprint density at radius 2 is 2.16 bits per heavy atom. The number of amides is 1. The second-order valence-corrected chi connectivity index (χ2v) is 6.36. The van der Waals surface area contributed by atoms with E-state index < -0.39 is 0 Å². The molecule has 6 nitrogen and oxygen atoms in total. The topological polar surface area (TPSA) is 60.2 Å². The van der Waals surface area contributed by atoms with E-state index in [-0.39, 0.29) is 11.7 Å². The van der Waals surface area contributed by atoms with E-state index in [9.17, 15) is 9.18 Å². The molecule has 1 aromatic heterocycles. The molecule has 2 heterocycles. The number of rotatable bonds is 6. The van der Waals surface area contributed by atoms with Crippen molar-refractivity contribution in [2.45, 2.75) is 31.6 Å². The number of aromatic nitrogens is 3. The van der Waals surface area contributed by atoms with Crippen molar-refractivity contribution in [2.75, 3.05) is 19.7 Å². The molecule has 1 saturated heterocycles. The van der Waals surface area contributed by atoms with Gasteiger partial charge in [-0.05, 0) is 31.4 Å². The second-order valence-electron chi connectivity index (χ2n) is 6.36. The predicted octanol–water partition coefficient (Wildman–Crippen LogP) is 2.52. The van der Waals surface area contributed by atoms with Crippen molar-refractivity contribution in [2.24, 2.45) is 7.05 Å². The van der Waals surface area contributed by atoms with Gasteiger partial charge in [0.2, 0.25) is 5.91 Å². The summed E-state index contributed by atoms with van der Waals surface area (Å²) in [7, 11) is 1.95. The molecule has 1 amide bonds. The number of carbonyl (C=O) groups excluding carboxylic acids is 1. The molecule has 134 valence electrons. The minimum atomic E-state index is -0.320. The zero-order valence-corrected chi connectivity index (χ0v) is 14.4. The molecule has 1 aliphatic rings. The average Bonchev–Trinajstić information content (AvgIpc) is 3.05. The highest BCUT2D eigenvalue weighted by atomic mass is 19.1. The molecule has 7 heteroatoms. The van der Waals surface area contributed by atoms with E-state index in [1.807, 2.05) is 16.5 Å². The summed E-state index contributed by atoms with van der Waals surface area (Å²) in [5.41, 5.74) is 0. The SMILES string of the molecule is Cn1cnnc1C1CCN(C(=O)CCCOc2cccc(F)c2)CC1. The maximum Gasteiger partial charge on any atom is 0.222 e. The zero-order valence-electron chi connectivity index (χ0n) is 14.4. The van der Waals surface area contributed by atoms with Crippen LogP contribution < -0.4 is 4.74 Å². The van der Waals surface area contributed by atoms with E-state index in [2.05, 4.69) is 10.2 Å². The van der Waals surface area contributed by atoms with Gasteiger partial charge in [0.15, 0.2) is 0 Å². The fourth-order valence-corrected chi connectivity index (χ4v) is 3.18. The lowest BCUT2D eigenvalue weighted by molar-refractivity contribution is -0.132. The van der Waals surface area contributed by atoms with Crippen LogP contribution in [0.25, 0.3) is 0 Å². The summed E-state index contributed by atoms with van der Waals surface area (Å²) in [5, 5.41) is 8.10. The molecule has 0 aliphatic carbocycles. The molecular formula is C18H23FN4O2. The fourth-order valence-electron chi connectivity index (χ4n) is 3.18. The van der Waals surface area contributed by atoms with E-state index >= 15 is 0 Å². The number of likely N-dealkylation sites (tertiary alicyclic amines) is 1. The van der Waals surface area contributed by atoms with Gasteiger partial charge in [-0.3, -0.25) is 4.79 Å². The van der Waals surface area contributed by atoms with Gasteiger partial charge in [-0.25, -0.2) is 4.39 Å². The maximum atomic E-state index is 13.1. The molecule has 25 heavy (non-hydrogen) atoms. The summed E-state index contributed by atoms with van der Waals surface area (Å²) in [6.45, 7) is 1.91. The lowest BCUT2D eigenvalue weighted by atomic mass is 9.95. The lowest BCUT2D eigenvalue weighted by Gasteiger charge is -2.31. The minimum absolute atomic E-state index is 0.152. The Kier molecular flexibility index (Phi) is 5.63. The molecule has 0 spiro atoms. The van der Waals surface area contributed by atoms with Gasteiger partial charge in [0, 0.05) is 38.5 Å². The van der Waals surface area contributed by atoms with Crippen LogP contribution in [0.15, 0.2) is 30.6 Å². The number of ether oxygens (including phenoxy) is 1. The van der Waals surface area contributed by atoms with Crippen LogP contribution in [0, 0.1) is 5.82 Å². The Morgan fingerprint density at radius 1 is 1.36 bits per heavy atom. The monoisotopic (exact) mass is 346 g/mol. The van der Waals surface area contributed by atoms with Crippen LogP contribution in [-0.2, 0) is 11.8 Å². The molecule has 3 rings (SSSR count). The average molecular weight is 346 g/mol. The molecule has 0 saturated carbocycles. The van der Waals surface area contributed by atoms with Crippen molar-refractivity contribution in [1.82, 2.24) is 19.7 Å². The van der Waals surface area contributed by atoms with E-state index in [0.29, 0.717) is 31.1 Å². The summed E-state index contributed by atoms with van der Waals surface area (Å²) in [6.07, 6.45) is 4.62. The van der Waals surface area contributed by atoms with Crippen molar-refractivity contribution >= 4 is 5.91 Å². The number of aryl methyl sites for hydroxylation is 1. The number of hydrogen-bond donors (Lipinski definition) is 0. The van der Waals surface area contributed by atoms with Gasteiger partial charge in [0.25, 0.3) is 0 Å². The van der Waals surface area contributed by atoms with E-state index in [1.165, 1.54) is 12.1 Å². The molecule has 0 unspecified atom stereocenters. The standard InChI is InChI=1S/C18H23FN4O2/c1-22-13-20-21-18(22)14-7-9-23(10-8-14)17(24)6-3-11-25-16-5-2-4-15(19)12-16/h2,4-5,12-14H,3,6-11H2,1H3. The third kappa shape index (κ3) is 4.55. The molecule has 1 fully saturated rings. The molecule has 0 atom stereocenters. The van der Waals surface area contributed by atoms with Crippen molar-refractivity contribution in [3.8, 4) is 5.75 Å².